The molecule has 1 aromatic rings. The van der Waals surface area contributed by atoms with E-state index in [0.29, 0.717) is 17.0 Å². The number of halogens is 1. The second kappa shape index (κ2) is 4.54. The summed E-state index contributed by atoms with van der Waals surface area (Å²) in [5.74, 6) is 1.24. The van der Waals surface area contributed by atoms with Crippen molar-refractivity contribution in [3.63, 3.8) is 0 Å². The van der Waals surface area contributed by atoms with Gasteiger partial charge in [0, 0.05) is 11.6 Å². The van der Waals surface area contributed by atoms with E-state index in [1.165, 1.54) is 6.42 Å². The summed E-state index contributed by atoms with van der Waals surface area (Å²) >= 11 is 6.12. The number of benzene rings is 1. The van der Waals surface area contributed by atoms with Crippen LogP contribution in [-0.2, 0) is 0 Å². The zero-order valence-corrected chi connectivity index (χ0v) is 10.4. The second-order valence-corrected chi connectivity index (χ2v) is 5.08. The highest BCUT2D eigenvalue weighted by molar-refractivity contribution is 6.32. The number of hydrogen-bond donors (Lipinski definition) is 1. The minimum atomic E-state index is 0.203. The standard InChI is InChI=1S/C13H17ClO2/c1-8(2)11-6-9(15)7-12(14)13(11)16-10-4-3-5-10/h6-8,10,15H,3-5H2,1-2H3. The van der Waals surface area contributed by atoms with Crippen molar-refractivity contribution >= 4 is 11.6 Å². The maximum absolute atomic E-state index is 9.53. The van der Waals surface area contributed by atoms with E-state index in [2.05, 4.69) is 13.8 Å². The van der Waals surface area contributed by atoms with Crippen LogP contribution in [0, 0.1) is 0 Å². The Kier molecular flexibility index (Phi) is 3.29. The molecule has 1 saturated carbocycles. The van der Waals surface area contributed by atoms with Crippen LogP contribution in [0.15, 0.2) is 12.1 Å². The van der Waals surface area contributed by atoms with Gasteiger partial charge in [0.25, 0.3) is 0 Å². The molecule has 0 amide bonds. The van der Waals surface area contributed by atoms with Gasteiger partial charge in [-0.2, -0.15) is 0 Å². The molecular formula is C13H17ClO2. The molecule has 2 rings (SSSR count). The van der Waals surface area contributed by atoms with Crippen molar-refractivity contribution < 1.29 is 9.84 Å². The fourth-order valence-corrected chi connectivity index (χ4v) is 2.07. The van der Waals surface area contributed by atoms with Crippen LogP contribution in [0.1, 0.15) is 44.6 Å². The Balaban J connectivity index is 2.32. The van der Waals surface area contributed by atoms with Gasteiger partial charge < -0.3 is 9.84 Å². The molecule has 0 heterocycles. The van der Waals surface area contributed by atoms with E-state index in [9.17, 15) is 5.11 Å². The SMILES string of the molecule is CC(C)c1cc(O)cc(Cl)c1OC1CCC1. The molecular weight excluding hydrogens is 224 g/mol. The zero-order chi connectivity index (χ0) is 11.7. The molecule has 88 valence electrons. The van der Waals surface area contributed by atoms with Crippen LogP contribution in [0.5, 0.6) is 11.5 Å². The average molecular weight is 241 g/mol. The first-order valence-corrected chi connectivity index (χ1v) is 6.14. The summed E-state index contributed by atoms with van der Waals surface area (Å²) in [7, 11) is 0. The molecule has 16 heavy (non-hydrogen) atoms. The second-order valence-electron chi connectivity index (χ2n) is 4.67. The van der Waals surface area contributed by atoms with E-state index in [-0.39, 0.29) is 5.75 Å². The van der Waals surface area contributed by atoms with Crippen molar-refractivity contribution in [2.75, 3.05) is 0 Å². The van der Waals surface area contributed by atoms with E-state index in [1.807, 2.05) is 0 Å². The minimum absolute atomic E-state index is 0.203. The van der Waals surface area contributed by atoms with E-state index in [1.54, 1.807) is 12.1 Å². The molecule has 0 atom stereocenters. The summed E-state index contributed by atoms with van der Waals surface area (Å²) in [4.78, 5) is 0. The van der Waals surface area contributed by atoms with Crippen molar-refractivity contribution in [2.45, 2.75) is 45.1 Å². The maximum atomic E-state index is 9.53. The van der Waals surface area contributed by atoms with Crippen LogP contribution < -0.4 is 4.74 Å². The molecule has 0 saturated heterocycles. The number of ether oxygens (including phenoxy) is 1. The van der Waals surface area contributed by atoms with Gasteiger partial charge >= 0.3 is 0 Å². The van der Waals surface area contributed by atoms with Crippen molar-refractivity contribution in [1.82, 2.24) is 0 Å². The molecule has 1 aliphatic carbocycles. The summed E-state index contributed by atoms with van der Waals surface area (Å²) in [5, 5.41) is 10.0. The van der Waals surface area contributed by atoms with Crippen LogP contribution in [0.4, 0.5) is 0 Å². The van der Waals surface area contributed by atoms with Gasteiger partial charge in [0.2, 0.25) is 0 Å². The lowest BCUT2D eigenvalue weighted by Gasteiger charge is -2.28. The van der Waals surface area contributed by atoms with Gasteiger partial charge in [0.1, 0.15) is 11.5 Å². The first-order chi connectivity index (χ1) is 7.58. The molecule has 1 fully saturated rings. The average Bonchev–Trinajstić information content (AvgIpc) is 2.12. The van der Waals surface area contributed by atoms with E-state index < -0.39 is 0 Å². The van der Waals surface area contributed by atoms with Crippen LogP contribution in [0.2, 0.25) is 5.02 Å². The van der Waals surface area contributed by atoms with Gasteiger partial charge in [-0.3, -0.25) is 0 Å². The molecule has 0 aromatic heterocycles. The summed E-state index contributed by atoms with van der Waals surface area (Å²) in [6.45, 7) is 4.14. The molecule has 3 heteroatoms. The highest BCUT2D eigenvalue weighted by Gasteiger charge is 2.23. The molecule has 0 aliphatic heterocycles. The third kappa shape index (κ3) is 2.27. The number of rotatable bonds is 3. The first kappa shape index (κ1) is 11.6. The topological polar surface area (TPSA) is 29.5 Å². The fourth-order valence-electron chi connectivity index (χ4n) is 1.81. The molecule has 0 bridgehead atoms. The van der Waals surface area contributed by atoms with Crippen molar-refractivity contribution in [2.24, 2.45) is 0 Å². The van der Waals surface area contributed by atoms with Crippen molar-refractivity contribution in [3.05, 3.63) is 22.7 Å². The van der Waals surface area contributed by atoms with Gasteiger partial charge in [-0.05, 0) is 31.2 Å². The quantitative estimate of drug-likeness (QED) is 0.862. The molecule has 0 unspecified atom stereocenters. The zero-order valence-electron chi connectivity index (χ0n) is 9.66. The Morgan fingerprint density at radius 2 is 2.06 bits per heavy atom. The molecule has 0 radical (unpaired) electrons. The Bertz CT molecular complexity index is 384. The van der Waals surface area contributed by atoms with E-state index in [4.69, 9.17) is 16.3 Å². The molecule has 0 spiro atoms. The molecule has 2 nitrogen and oxygen atoms in total. The highest BCUT2D eigenvalue weighted by atomic mass is 35.5. The smallest absolute Gasteiger partial charge is 0.142 e. The minimum Gasteiger partial charge on any atom is -0.508 e. The van der Waals surface area contributed by atoms with Crippen LogP contribution in [-0.4, -0.2) is 11.2 Å². The summed E-state index contributed by atoms with van der Waals surface area (Å²) in [6, 6.07) is 3.28. The number of phenolic OH excluding ortho intramolecular Hbond substituents is 1. The Morgan fingerprint density at radius 1 is 1.38 bits per heavy atom. The van der Waals surface area contributed by atoms with Crippen LogP contribution in [0.3, 0.4) is 0 Å². The number of aromatic hydroxyl groups is 1. The number of phenols is 1. The van der Waals surface area contributed by atoms with Gasteiger partial charge in [0.05, 0.1) is 11.1 Å². The summed E-state index contributed by atoms with van der Waals surface area (Å²) < 4.78 is 5.89. The predicted molar refractivity (Wildman–Crippen MR) is 65.5 cm³/mol. The van der Waals surface area contributed by atoms with Gasteiger partial charge in [-0.15, -0.1) is 0 Å². The summed E-state index contributed by atoms with van der Waals surface area (Å²) in [6.07, 6.45) is 3.75. The first-order valence-electron chi connectivity index (χ1n) is 5.77. The predicted octanol–water partition coefficient (Wildman–Crippen LogP) is 4.10. The lowest BCUT2D eigenvalue weighted by Crippen LogP contribution is -2.25. The van der Waals surface area contributed by atoms with Gasteiger partial charge in [0.15, 0.2) is 0 Å². The highest BCUT2D eigenvalue weighted by Crippen LogP contribution is 2.39. The Labute approximate surface area is 101 Å². The monoisotopic (exact) mass is 240 g/mol. The Hall–Kier alpha value is -0.890. The van der Waals surface area contributed by atoms with Crippen molar-refractivity contribution in [3.8, 4) is 11.5 Å². The van der Waals surface area contributed by atoms with E-state index in [0.717, 1.165) is 24.2 Å². The number of hydrogen-bond acceptors (Lipinski definition) is 2. The molecule has 1 N–H and O–H groups in total. The lowest BCUT2D eigenvalue weighted by molar-refractivity contribution is 0.118. The molecule has 1 aromatic carbocycles. The third-order valence-electron chi connectivity index (χ3n) is 3.02. The largest absolute Gasteiger partial charge is 0.508 e. The fraction of sp³-hybridized carbons (Fsp3) is 0.538. The molecule has 1 aliphatic rings. The van der Waals surface area contributed by atoms with E-state index >= 15 is 0 Å². The van der Waals surface area contributed by atoms with Gasteiger partial charge in [-0.25, -0.2) is 0 Å². The maximum Gasteiger partial charge on any atom is 0.142 e. The lowest BCUT2D eigenvalue weighted by atomic mass is 9.95. The van der Waals surface area contributed by atoms with Crippen LogP contribution >= 0.6 is 11.6 Å². The Morgan fingerprint density at radius 3 is 2.56 bits per heavy atom. The van der Waals surface area contributed by atoms with Crippen LogP contribution in [0.25, 0.3) is 0 Å². The normalized spacial score (nSPS) is 16.2. The van der Waals surface area contributed by atoms with Crippen molar-refractivity contribution in [1.29, 1.82) is 0 Å². The van der Waals surface area contributed by atoms with Gasteiger partial charge in [-0.1, -0.05) is 25.4 Å². The summed E-state index contributed by atoms with van der Waals surface area (Å²) in [5.41, 5.74) is 0.983. The third-order valence-corrected chi connectivity index (χ3v) is 3.30.